The maximum atomic E-state index is 13.5. The predicted octanol–water partition coefficient (Wildman–Crippen LogP) is 4.12. The second-order valence-corrected chi connectivity index (χ2v) is 7.35. The number of rotatable bonds is 6. The number of esters is 1. The van der Waals surface area contributed by atoms with Gasteiger partial charge in [-0.15, -0.1) is 0 Å². The number of carbonyl (C=O) groups is 2. The summed E-state index contributed by atoms with van der Waals surface area (Å²) in [4.78, 5) is 37.8. The molecule has 1 heterocycles. The van der Waals surface area contributed by atoms with Gasteiger partial charge in [0, 0.05) is 17.2 Å². The molecule has 1 aliphatic rings. The molecule has 2 atom stereocenters. The van der Waals surface area contributed by atoms with Crippen LogP contribution < -0.4 is 5.32 Å². The van der Waals surface area contributed by atoms with E-state index in [4.69, 9.17) is 4.74 Å². The molecule has 0 bridgehead atoms. The van der Waals surface area contributed by atoms with E-state index in [9.17, 15) is 19.7 Å². The number of para-hydroxylation sites is 1. The molecule has 0 amide bonds. The van der Waals surface area contributed by atoms with Gasteiger partial charge in [0.2, 0.25) is 0 Å². The first kappa shape index (κ1) is 21.1. The summed E-state index contributed by atoms with van der Waals surface area (Å²) in [7, 11) is 1.26. The van der Waals surface area contributed by atoms with E-state index in [1.54, 1.807) is 72.8 Å². The number of ketones is 1. The number of Topliss-reactive ketones (excluding diaryl/α,β-unsaturated/α-hetero) is 1. The molecule has 0 saturated carbocycles. The highest BCUT2D eigenvalue weighted by Gasteiger charge is 2.49. The maximum Gasteiger partial charge on any atom is 0.334 e. The zero-order valence-electron chi connectivity index (χ0n) is 17.2. The number of benzene rings is 3. The fourth-order valence-electron chi connectivity index (χ4n) is 4.02. The summed E-state index contributed by atoms with van der Waals surface area (Å²) in [6, 6.07) is 22.7. The van der Waals surface area contributed by atoms with Crippen molar-refractivity contribution in [3.05, 3.63) is 123 Å². The summed E-state index contributed by atoms with van der Waals surface area (Å²) in [6.07, 6.45) is 1.53. The van der Waals surface area contributed by atoms with Crippen molar-refractivity contribution >= 4 is 17.4 Å². The zero-order valence-corrected chi connectivity index (χ0v) is 17.2. The first-order chi connectivity index (χ1) is 15.5. The third-order valence-electron chi connectivity index (χ3n) is 5.53. The summed E-state index contributed by atoms with van der Waals surface area (Å²) >= 11 is 0. The minimum Gasteiger partial charge on any atom is -0.467 e. The van der Waals surface area contributed by atoms with Crippen LogP contribution in [-0.2, 0) is 15.1 Å². The number of nitrogens with one attached hydrogen (secondary N) is 1. The summed E-state index contributed by atoms with van der Waals surface area (Å²) in [5.41, 5.74) is -0.131. The summed E-state index contributed by atoms with van der Waals surface area (Å²) < 4.78 is 5.10. The zero-order chi connectivity index (χ0) is 22.7. The summed E-state index contributed by atoms with van der Waals surface area (Å²) in [6.45, 7) is 0. The number of ether oxygens (including phenoxy) is 1. The molecule has 0 unspecified atom stereocenters. The molecule has 0 radical (unpaired) electrons. The van der Waals surface area contributed by atoms with E-state index >= 15 is 0 Å². The molecule has 7 heteroatoms. The van der Waals surface area contributed by atoms with Gasteiger partial charge in [-0.3, -0.25) is 20.2 Å². The Morgan fingerprint density at radius 3 is 2.16 bits per heavy atom. The highest BCUT2D eigenvalue weighted by Crippen LogP contribution is 2.43. The molecule has 0 aromatic heterocycles. The standard InChI is InChI=1S/C25H20N2O5/c1-32-24(29)25(18-12-6-3-7-13-18)16-20(23(28)17-10-4-2-5-11-17)22(26-25)19-14-8-9-15-21(19)27(30)31/h2-16,22,26H,1H3/t22-,25+/m0/s1. The van der Waals surface area contributed by atoms with Gasteiger partial charge in [0.05, 0.1) is 23.6 Å². The van der Waals surface area contributed by atoms with Gasteiger partial charge in [-0.05, 0) is 11.6 Å². The second-order valence-electron chi connectivity index (χ2n) is 7.35. The summed E-state index contributed by atoms with van der Waals surface area (Å²) in [5, 5.41) is 14.9. The van der Waals surface area contributed by atoms with Crippen molar-refractivity contribution in [1.82, 2.24) is 5.32 Å². The number of hydrogen-bond acceptors (Lipinski definition) is 6. The number of hydrogen-bond donors (Lipinski definition) is 1. The molecule has 3 aromatic carbocycles. The van der Waals surface area contributed by atoms with Crippen LogP contribution in [0.1, 0.15) is 27.5 Å². The molecular weight excluding hydrogens is 408 g/mol. The molecule has 1 aliphatic heterocycles. The van der Waals surface area contributed by atoms with Crippen LogP contribution in [0.25, 0.3) is 0 Å². The van der Waals surface area contributed by atoms with Gasteiger partial charge in [0.15, 0.2) is 11.3 Å². The molecule has 4 rings (SSSR count). The van der Waals surface area contributed by atoms with Gasteiger partial charge >= 0.3 is 5.97 Å². The Balaban J connectivity index is 1.94. The fraction of sp³-hybridized carbons (Fsp3) is 0.120. The van der Waals surface area contributed by atoms with Crippen LogP contribution in [0.5, 0.6) is 0 Å². The largest absolute Gasteiger partial charge is 0.467 e. The Bertz CT molecular complexity index is 1210. The van der Waals surface area contributed by atoms with Crippen molar-refractivity contribution in [2.75, 3.05) is 7.11 Å². The first-order valence-corrected chi connectivity index (χ1v) is 9.95. The Kier molecular flexibility index (Phi) is 5.66. The maximum absolute atomic E-state index is 13.5. The van der Waals surface area contributed by atoms with Gasteiger partial charge in [0.25, 0.3) is 5.69 Å². The van der Waals surface area contributed by atoms with Crippen LogP contribution in [0.3, 0.4) is 0 Å². The van der Waals surface area contributed by atoms with Crippen LogP contribution in [0.15, 0.2) is 96.6 Å². The lowest BCUT2D eigenvalue weighted by atomic mass is 9.89. The van der Waals surface area contributed by atoms with Crippen LogP contribution in [0, 0.1) is 10.1 Å². The molecule has 0 saturated heterocycles. The van der Waals surface area contributed by atoms with Crippen molar-refractivity contribution in [3.63, 3.8) is 0 Å². The van der Waals surface area contributed by atoms with Gasteiger partial charge in [-0.1, -0.05) is 78.9 Å². The molecule has 160 valence electrons. The van der Waals surface area contributed by atoms with Gasteiger partial charge in [-0.2, -0.15) is 0 Å². The lowest BCUT2D eigenvalue weighted by molar-refractivity contribution is -0.385. The molecule has 32 heavy (non-hydrogen) atoms. The van der Waals surface area contributed by atoms with Crippen molar-refractivity contribution in [1.29, 1.82) is 0 Å². The third-order valence-corrected chi connectivity index (χ3v) is 5.53. The Morgan fingerprint density at radius 1 is 0.938 bits per heavy atom. The molecule has 0 spiro atoms. The summed E-state index contributed by atoms with van der Waals surface area (Å²) in [5.74, 6) is -0.953. The van der Waals surface area contributed by atoms with Crippen LogP contribution >= 0.6 is 0 Å². The normalized spacial score (nSPS) is 19.8. The number of nitrogens with zero attached hydrogens (tertiary/aromatic N) is 1. The SMILES string of the molecule is COC(=O)[C@]1(c2ccccc2)C=C(C(=O)c2ccccc2)[C@H](c2ccccc2[N+](=O)[O-])N1. The van der Waals surface area contributed by atoms with Gasteiger partial charge < -0.3 is 4.74 Å². The quantitative estimate of drug-likeness (QED) is 0.275. The van der Waals surface area contributed by atoms with Crippen molar-refractivity contribution in [3.8, 4) is 0 Å². The van der Waals surface area contributed by atoms with Crippen molar-refractivity contribution < 1.29 is 19.2 Å². The molecule has 0 aliphatic carbocycles. The molecular formula is C25H20N2O5. The van der Waals surface area contributed by atoms with Crippen LogP contribution in [0.4, 0.5) is 5.69 Å². The Labute approximate surface area is 184 Å². The van der Waals surface area contributed by atoms with Gasteiger partial charge in [0.1, 0.15) is 0 Å². The van der Waals surface area contributed by atoms with E-state index < -0.39 is 22.5 Å². The Hall–Kier alpha value is -4.10. The number of nitro benzene ring substituents is 1. The lowest BCUT2D eigenvalue weighted by Gasteiger charge is -2.28. The smallest absolute Gasteiger partial charge is 0.334 e. The van der Waals surface area contributed by atoms with E-state index in [2.05, 4.69) is 5.32 Å². The van der Waals surface area contributed by atoms with E-state index in [1.807, 2.05) is 6.07 Å². The topological polar surface area (TPSA) is 98.5 Å². The van der Waals surface area contributed by atoms with Crippen molar-refractivity contribution in [2.45, 2.75) is 11.6 Å². The lowest BCUT2D eigenvalue weighted by Crippen LogP contribution is -2.46. The van der Waals surface area contributed by atoms with E-state index in [0.717, 1.165) is 0 Å². The van der Waals surface area contributed by atoms with Crippen LogP contribution in [0.2, 0.25) is 0 Å². The molecule has 1 N–H and O–H groups in total. The second kappa shape index (κ2) is 8.56. The number of nitro groups is 1. The Morgan fingerprint density at radius 2 is 1.53 bits per heavy atom. The number of carbonyl (C=O) groups excluding carboxylic acids is 2. The minimum atomic E-state index is -1.48. The first-order valence-electron chi connectivity index (χ1n) is 9.95. The average molecular weight is 428 g/mol. The minimum absolute atomic E-state index is 0.148. The molecule has 0 fully saturated rings. The fourth-order valence-corrected chi connectivity index (χ4v) is 4.02. The number of methoxy groups -OCH3 is 1. The van der Waals surface area contributed by atoms with E-state index in [0.29, 0.717) is 11.1 Å². The van der Waals surface area contributed by atoms with E-state index in [-0.39, 0.29) is 22.6 Å². The molecule has 7 nitrogen and oxygen atoms in total. The predicted molar refractivity (Wildman–Crippen MR) is 118 cm³/mol. The monoisotopic (exact) mass is 428 g/mol. The highest BCUT2D eigenvalue weighted by molar-refractivity contribution is 6.11. The van der Waals surface area contributed by atoms with Crippen molar-refractivity contribution in [2.24, 2.45) is 0 Å². The van der Waals surface area contributed by atoms with Crippen LogP contribution in [-0.4, -0.2) is 23.8 Å². The average Bonchev–Trinajstić information content (AvgIpc) is 3.26. The van der Waals surface area contributed by atoms with E-state index in [1.165, 1.54) is 19.3 Å². The van der Waals surface area contributed by atoms with Gasteiger partial charge in [-0.25, -0.2) is 4.79 Å². The highest BCUT2D eigenvalue weighted by atomic mass is 16.6. The molecule has 3 aromatic rings. The third kappa shape index (κ3) is 3.59.